The lowest BCUT2D eigenvalue weighted by Crippen LogP contribution is -2.60. The Kier molecular flexibility index (Phi) is 1.81. The number of carbonyl (C=O) groups excluding carboxylic acids is 1. The summed E-state index contributed by atoms with van der Waals surface area (Å²) < 4.78 is 2.36. The van der Waals surface area contributed by atoms with Crippen molar-refractivity contribution in [1.29, 1.82) is 0 Å². The van der Waals surface area contributed by atoms with Crippen LogP contribution < -0.4 is 0 Å². The van der Waals surface area contributed by atoms with Gasteiger partial charge in [-0.15, -0.1) is 0 Å². The maximum atomic E-state index is 12.3. The van der Waals surface area contributed by atoms with Crippen LogP contribution in [0.4, 0.5) is 0 Å². The maximum absolute atomic E-state index is 12.3. The Morgan fingerprint density at radius 2 is 2.29 bits per heavy atom. The number of amides is 1. The highest BCUT2D eigenvalue weighted by molar-refractivity contribution is 5.79. The number of nitrogens with zero attached hydrogens (tertiary/aromatic N) is 2. The van der Waals surface area contributed by atoms with E-state index in [0.717, 1.165) is 19.5 Å². The highest BCUT2D eigenvalue weighted by Gasteiger charge is 2.51. The third-order valence-electron chi connectivity index (χ3n) is 4.98. The summed E-state index contributed by atoms with van der Waals surface area (Å²) in [4.78, 5) is 14.5. The molecule has 2 atom stereocenters. The number of piperidine rings is 1. The molecule has 1 aromatic heterocycles. The molecule has 2 bridgehead atoms. The second kappa shape index (κ2) is 3.15. The smallest absolute Gasteiger partial charge is 0.223 e. The van der Waals surface area contributed by atoms with Crippen LogP contribution in [0.15, 0.2) is 18.3 Å². The van der Waals surface area contributed by atoms with Gasteiger partial charge in [0.05, 0.1) is 5.54 Å². The van der Waals surface area contributed by atoms with Crippen LogP contribution in [0.2, 0.25) is 0 Å². The number of aromatic nitrogens is 1. The Morgan fingerprint density at radius 3 is 3.24 bits per heavy atom. The molecular formula is C14H18N2O. The first-order valence-corrected chi connectivity index (χ1v) is 6.76. The summed E-state index contributed by atoms with van der Waals surface area (Å²) in [7, 11) is 0. The molecule has 3 aliphatic rings. The minimum Gasteiger partial charge on any atom is -0.348 e. The van der Waals surface area contributed by atoms with E-state index in [2.05, 4.69) is 27.8 Å². The predicted molar refractivity (Wildman–Crippen MR) is 64.4 cm³/mol. The molecule has 4 rings (SSSR count). The van der Waals surface area contributed by atoms with Gasteiger partial charge in [0, 0.05) is 31.4 Å². The first-order valence-electron chi connectivity index (χ1n) is 6.76. The molecule has 3 nitrogen and oxygen atoms in total. The van der Waals surface area contributed by atoms with Crippen molar-refractivity contribution in [3.8, 4) is 0 Å². The standard InChI is InChI=1S/C14H18N2O/c17-13-9-11-3-1-5-14(10-11)12-4-2-6-15(12)7-8-16(13)14/h2,4,6,11H,1,3,5,7-10H2. The van der Waals surface area contributed by atoms with Gasteiger partial charge in [-0.25, -0.2) is 0 Å². The van der Waals surface area contributed by atoms with E-state index in [1.54, 1.807) is 0 Å². The average molecular weight is 230 g/mol. The van der Waals surface area contributed by atoms with Crippen LogP contribution in [0, 0.1) is 5.92 Å². The van der Waals surface area contributed by atoms with E-state index in [1.807, 2.05) is 0 Å². The largest absolute Gasteiger partial charge is 0.348 e. The van der Waals surface area contributed by atoms with Gasteiger partial charge >= 0.3 is 0 Å². The van der Waals surface area contributed by atoms with Gasteiger partial charge in [0.2, 0.25) is 5.91 Å². The van der Waals surface area contributed by atoms with Gasteiger partial charge in [-0.05, 0) is 37.3 Å². The van der Waals surface area contributed by atoms with Crippen LogP contribution >= 0.6 is 0 Å². The first kappa shape index (κ1) is 9.75. The van der Waals surface area contributed by atoms with Crippen LogP contribution in [0.25, 0.3) is 0 Å². The van der Waals surface area contributed by atoms with Crippen molar-refractivity contribution in [3.63, 3.8) is 0 Å². The van der Waals surface area contributed by atoms with Crippen molar-refractivity contribution in [3.05, 3.63) is 24.0 Å². The predicted octanol–water partition coefficient (Wildman–Crippen LogP) is 2.12. The van der Waals surface area contributed by atoms with Gasteiger partial charge in [-0.1, -0.05) is 6.42 Å². The maximum Gasteiger partial charge on any atom is 0.223 e. The third-order valence-corrected chi connectivity index (χ3v) is 4.98. The van der Waals surface area contributed by atoms with Crippen LogP contribution in [0.5, 0.6) is 0 Å². The molecule has 1 amide bonds. The van der Waals surface area contributed by atoms with Gasteiger partial charge in [-0.3, -0.25) is 4.79 Å². The topological polar surface area (TPSA) is 25.2 Å². The van der Waals surface area contributed by atoms with Gasteiger partial charge in [0.15, 0.2) is 0 Å². The molecule has 0 aromatic carbocycles. The van der Waals surface area contributed by atoms with Crippen molar-refractivity contribution < 1.29 is 4.79 Å². The third kappa shape index (κ3) is 1.15. The summed E-state index contributed by atoms with van der Waals surface area (Å²) in [5.41, 5.74) is 1.45. The van der Waals surface area contributed by atoms with Crippen molar-refractivity contribution >= 4 is 5.91 Å². The fourth-order valence-corrected chi connectivity index (χ4v) is 4.33. The molecular weight excluding hydrogens is 212 g/mol. The number of carbonyl (C=O) groups is 1. The van der Waals surface area contributed by atoms with Crippen molar-refractivity contribution in [1.82, 2.24) is 9.47 Å². The molecule has 2 fully saturated rings. The van der Waals surface area contributed by atoms with Crippen LogP contribution in [0.3, 0.4) is 0 Å². The summed E-state index contributed by atoms with van der Waals surface area (Å²) in [5.74, 6) is 1.03. The molecule has 90 valence electrons. The number of hydrogen-bond acceptors (Lipinski definition) is 1. The second-order valence-electron chi connectivity index (χ2n) is 5.83. The van der Waals surface area contributed by atoms with Crippen LogP contribution in [0.1, 0.15) is 37.8 Å². The second-order valence-corrected chi connectivity index (χ2v) is 5.83. The Labute approximate surface area is 101 Å². The van der Waals surface area contributed by atoms with Crippen molar-refractivity contribution in [2.45, 2.75) is 44.2 Å². The molecule has 3 heterocycles. The summed E-state index contributed by atoms with van der Waals surface area (Å²) in [6.07, 6.45) is 7.86. The van der Waals surface area contributed by atoms with Crippen LogP contribution in [-0.4, -0.2) is 21.9 Å². The van der Waals surface area contributed by atoms with E-state index in [1.165, 1.54) is 31.4 Å². The zero-order valence-corrected chi connectivity index (χ0v) is 10.1. The lowest BCUT2D eigenvalue weighted by Gasteiger charge is -2.55. The van der Waals surface area contributed by atoms with Crippen molar-refractivity contribution in [2.24, 2.45) is 5.92 Å². The summed E-state index contributed by atoms with van der Waals surface area (Å²) in [6, 6.07) is 4.36. The Hall–Kier alpha value is -1.25. The lowest BCUT2D eigenvalue weighted by atomic mass is 9.68. The summed E-state index contributed by atoms with van der Waals surface area (Å²) in [5, 5.41) is 0. The highest BCUT2D eigenvalue weighted by Crippen LogP contribution is 2.50. The molecule has 3 heteroatoms. The number of rotatable bonds is 0. The van der Waals surface area contributed by atoms with E-state index >= 15 is 0 Å². The average Bonchev–Trinajstić information content (AvgIpc) is 2.78. The molecule has 17 heavy (non-hydrogen) atoms. The van der Waals surface area contributed by atoms with E-state index in [0.29, 0.717) is 11.8 Å². The molecule has 1 saturated heterocycles. The molecule has 1 aromatic rings. The molecule has 0 radical (unpaired) electrons. The molecule has 1 aliphatic carbocycles. The fourth-order valence-electron chi connectivity index (χ4n) is 4.33. The van der Waals surface area contributed by atoms with E-state index in [-0.39, 0.29) is 5.54 Å². The molecule has 1 saturated carbocycles. The lowest BCUT2D eigenvalue weighted by molar-refractivity contribution is -0.152. The summed E-state index contributed by atoms with van der Waals surface area (Å²) in [6.45, 7) is 1.88. The quantitative estimate of drug-likeness (QED) is 0.670. The van der Waals surface area contributed by atoms with E-state index in [9.17, 15) is 4.79 Å². The molecule has 2 unspecified atom stereocenters. The SMILES string of the molecule is O=C1CC2CCCC3(C2)c2cccn2CCN13. The van der Waals surface area contributed by atoms with Crippen molar-refractivity contribution in [2.75, 3.05) is 6.54 Å². The molecule has 1 spiro atoms. The number of fused-ring (bicyclic) bond motifs is 2. The minimum atomic E-state index is 0.0556. The zero-order chi connectivity index (χ0) is 11.5. The van der Waals surface area contributed by atoms with Gasteiger partial charge in [0.1, 0.15) is 0 Å². The monoisotopic (exact) mass is 230 g/mol. The zero-order valence-electron chi connectivity index (χ0n) is 10.1. The Bertz CT molecular complexity index is 478. The van der Waals surface area contributed by atoms with Crippen LogP contribution in [-0.2, 0) is 16.9 Å². The van der Waals surface area contributed by atoms with Gasteiger partial charge in [0.25, 0.3) is 0 Å². The Morgan fingerprint density at radius 1 is 1.35 bits per heavy atom. The van der Waals surface area contributed by atoms with Gasteiger partial charge < -0.3 is 9.47 Å². The molecule has 2 aliphatic heterocycles. The minimum absolute atomic E-state index is 0.0556. The number of hydrogen-bond donors (Lipinski definition) is 0. The highest BCUT2D eigenvalue weighted by atomic mass is 16.2. The first-order chi connectivity index (χ1) is 8.29. The molecule has 0 N–H and O–H groups in total. The van der Waals surface area contributed by atoms with E-state index < -0.39 is 0 Å². The summed E-state index contributed by atoms with van der Waals surface area (Å²) >= 11 is 0. The van der Waals surface area contributed by atoms with E-state index in [4.69, 9.17) is 0 Å². The Balaban J connectivity index is 1.89. The normalized spacial score (nSPS) is 35.4. The van der Waals surface area contributed by atoms with Gasteiger partial charge in [-0.2, -0.15) is 0 Å². The fraction of sp³-hybridized carbons (Fsp3) is 0.643.